The Morgan fingerprint density at radius 1 is 1.62 bits per heavy atom. The fourth-order valence-electron chi connectivity index (χ4n) is 0.794. The van der Waals surface area contributed by atoms with Gasteiger partial charge in [0.1, 0.15) is 0 Å². The zero-order chi connectivity index (χ0) is 10.0. The zero-order valence-corrected chi connectivity index (χ0v) is 9.52. The van der Waals surface area contributed by atoms with Crippen LogP contribution in [0.25, 0.3) is 0 Å². The number of carbonyl (C=O) groups is 1. The van der Waals surface area contributed by atoms with Crippen LogP contribution in [0.1, 0.15) is 10.4 Å². The Labute approximate surface area is 93.2 Å². The smallest absolute Gasteiger partial charge is 0.340 e. The first-order valence-corrected chi connectivity index (χ1v) is 4.75. The molecule has 0 aliphatic rings. The summed E-state index contributed by atoms with van der Waals surface area (Å²) in [5, 5.41) is 0.283. The fourth-order valence-corrected chi connectivity index (χ4v) is 1.41. The summed E-state index contributed by atoms with van der Waals surface area (Å²) in [6, 6.07) is 2.75. The van der Waals surface area contributed by atoms with Crippen LogP contribution in [0.3, 0.4) is 0 Å². The van der Waals surface area contributed by atoms with Gasteiger partial charge in [-0.15, -0.1) is 0 Å². The van der Waals surface area contributed by atoms with Crippen molar-refractivity contribution in [3.05, 3.63) is 32.1 Å². The maximum Gasteiger partial charge on any atom is 0.340 e. The van der Waals surface area contributed by atoms with E-state index in [0.717, 1.165) is 0 Å². The first-order valence-electron chi connectivity index (χ1n) is 3.29. The third-order valence-electron chi connectivity index (χ3n) is 1.44. The second-order valence-electron chi connectivity index (χ2n) is 2.21. The lowest BCUT2D eigenvalue weighted by atomic mass is 10.2. The molecule has 0 fully saturated rings. The standard InChI is InChI=1S/C8H5ClFIO2/c1-13-8(12)4-2-3-5(9)7(11)6(4)10/h2-3H,1H3. The number of hydrogen-bond donors (Lipinski definition) is 0. The van der Waals surface area contributed by atoms with Crippen molar-refractivity contribution >= 4 is 40.2 Å². The van der Waals surface area contributed by atoms with Crippen molar-refractivity contribution in [1.82, 2.24) is 0 Å². The molecule has 0 heterocycles. The number of hydrogen-bond acceptors (Lipinski definition) is 2. The minimum absolute atomic E-state index is 0.101. The Bertz CT molecular complexity index is 354. The first-order chi connectivity index (χ1) is 6.07. The molecule has 0 bridgehead atoms. The molecule has 0 aromatic heterocycles. The molecule has 0 saturated carbocycles. The van der Waals surface area contributed by atoms with Gasteiger partial charge in [-0.2, -0.15) is 0 Å². The van der Waals surface area contributed by atoms with Gasteiger partial charge in [0.25, 0.3) is 0 Å². The Morgan fingerprint density at radius 3 is 2.77 bits per heavy atom. The van der Waals surface area contributed by atoms with Gasteiger partial charge in [-0.25, -0.2) is 9.18 Å². The second-order valence-corrected chi connectivity index (χ2v) is 3.70. The van der Waals surface area contributed by atoms with Crippen molar-refractivity contribution in [2.75, 3.05) is 7.11 Å². The van der Waals surface area contributed by atoms with Gasteiger partial charge >= 0.3 is 5.97 Å². The molecule has 0 spiro atoms. The van der Waals surface area contributed by atoms with Gasteiger partial charge in [-0.1, -0.05) is 11.6 Å². The molecule has 70 valence electrons. The lowest BCUT2D eigenvalue weighted by molar-refractivity contribution is 0.0595. The highest BCUT2D eigenvalue weighted by atomic mass is 127. The van der Waals surface area contributed by atoms with Crippen LogP contribution < -0.4 is 0 Å². The molecule has 0 aliphatic heterocycles. The molecule has 0 aliphatic carbocycles. The van der Waals surface area contributed by atoms with Crippen LogP contribution in [0.2, 0.25) is 5.02 Å². The summed E-state index contributed by atoms with van der Waals surface area (Å²) < 4.78 is 17.9. The highest BCUT2D eigenvalue weighted by Crippen LogP contribution is 2.24. The molecular weight excluding hydrogens is 309 g/mol. The first kappa shape index (κ1) is 10.7. The van der Waals surface area contributed by atoms with E-state index in [1.165, 1.54) is 19.2 Å². The number of rotatable bonds is 1. The van der Waals surface area contributed by atoms with Gasteiger partial charge in [0.05, 0.1) is 21.3 Å². The van der Waals surface area contributed by atoms with E-state index in [9.17, 15) is 9.18 Å². The molecular formula is C8H5ClFIO2. The van der Waals surface area contributed by atoms with Crippen molar-refractivity contribution in [2.45, 2.75) is 0 Å². The van der Waals surface area contributed by atoms with E-state index in [1.54, 1.807) is 22.6 Å². The van der Waals surface area contributed by atoms with Gasteiger partial charge in [-0.05, 0) is 34.7 Å². The number of esters is 1. The number of halogens is 3. The fraction of sp³-hybridized carbons (Fsp3) is 0.125. The van der Waals surface area contributed by atoms with Gasteiger partial charge in [0, 0.05) is 0 Å². The average Bonchev–Trinajstić information content (AvgIpc) is 2.13. The van der Waals surface area contributed by atoms with Crippen molar-refractivity contribution in [1.29, 1.82) is 0 Å². The number of ether oxygens (including phenoxy) is 1. The summed E-state index contributed by atoms with van der Waals surface area (Å²) >= 11 is 7.36. The van der Waals surface area contributed by atoms with E-state index in [-0.39, 0.29) is 14.2 Å². The van der Waals surface area contributed by atoms with Crippen LogP contribution in [0, 0.1) is 9.39 Å². The normalized spacial score (nSPS) is 9.85. The molecule has 5 heteroatoms. The Kier molecular flexibility index (Phi) is 3.49. The Hall–Kier alpha value is -0.360. The van der Waals surface area contributed by atoms with E-state index in [4.69, 9.17) is 11.6 Å². The van der Waals surface area contributed by atoms with Crippen molar-refractivity contribution < 1.29 is 13.9 Å². The highest BCUT2D eigenvalue weighted by Gasteiger charge is 2.16. The highest BCUT2D eigenvalue weighted by molar-refractivity contribution is 14.1. The zero-order valence-electron chi connectivity index (χ0n) is 6.61. The minimum Gasteiger partial charge on any atom is -0.465 e. The average molecular weight is 314 g/mol. The maximum absolute atomic E-state index is 13.3. The summed E-state index contributed by atoms with van der Waals surface area (Å²) in [6.07, 6.45) is 0. The molecule has 0 unspecified atom stereocenters. The minimum atomic E-state index is -0.702. The van der Waals surface area contributed by atoms with Gasteiger partial charge in [0.2, 0.25) is 0 Å². The molecule has 0 N–H and O–H groups in total. The van der Waals surface area contributed by atoms with E-state index in [0.29, 0.717) is 0 Å². The molecule has 0 amide bonds. The summed E-state index contributed by atoms with van der Waals surface area (Å²) in [6.45, 7) is 0. The van der Waals surface area contributed by atoms with Gasteiger partial charge in [-0.3, -0.25) is 0 Å². The number of carbonyl (C=O) groups excluding carboxylic acids is 1. The summed E-state index contributed by atoms with van der Waals surface area (Å²) in [4.78, 5) is 11.0. The maximum atomic E-state index is 13.3. The predicted octanol–water partition coefficient (Wildman–Crippen LogP) is 2.87. The number of benzene rings is 1. The second kappa shape index (κ2) is 4.23. The third-order valence-corrected chi connectivity index (χ3v) is 3.13. The predicted molar refractivity (Wildman–Crippen MR) is 55.5 cm³/mol. The molecule has 2 nitrogen and oxygen atoms in total. The molecule has 13 heavy (non-hydrogen) atoms. The van der Waals surface area contributed by atoms with Gasteiger partial charge in [0.15, 0.2) is 5.82 Å². The molecule has 0 atom stereocenters. The van der Waals surface area contributed by atoms with E-state index in [1.807, 2.05) is 0 Å². The Balaban J connectivity index is 3.26. The molecule has 0 saturated heterocycles. The lowest BCUT2D eigenvalue weighted by Crippen LogP contribution is -2.05. The third kappa shape index (κ3) is 2.11. The van der Waals surface area contributed by atoms with Crippen molar-refractivity contribution in [3.63, 3.8) is 0 Å². The lowest BCUT2D eigenvalue weighted by Gasteiger charge is -2.03. The van der Waals surface area contributed by atoms with Crippen molar-refractivity contribution in [2.24, 2.45) is 0 Å². The molecule has 1 aromatic carbocycles. The summed E-state index contributed by atoms with van der Waals surface area (Å²) in [7, 11) is 1.20. The van der Waals surface area contributed by atoms with Gasteiger partial charge < -0.3 is 4.74 Å². The van der Waals surface area contributed by atoms with Crippen LogP contribution in [0.4, 0.5) is 4.39 Å². The topological polar surface area (TPSA) is 26.3 Å². The van der Waals surface area contributed by atoms with Crippen LogP contribution in [0.5, 0.6) is 0 Å². The van der Waals surface area contributed by atoms with E-state index < -0.39 is 11.8 Å². The summed E-state index contributed by atoms with van der Waals surface area (Å²) in [5.74, 6) is -1.34. The quantitative estimate of drug-likeness (QED) is 0.453. The summed E-state index contributed by atoms with van der Waals surface area (Å²) in [5.41, 5.74) is -0.101. The molecule has 1 rings (SSSR count). The van der Waals surface area contributed by atoms with E-state index in [2.05, 4.69) is 4.74 Å². The number of methoxy groups -OCH3 is 1. The molecule has 1 aromatic rings. The monoisotopic (exact) mass is 314 g/mol. The Morgan fingerprint density at radius 2 is 2.23 bits per heavy atom. The molecule has 0 radical (unpaired) electrons. The van der Waals surface area contributed by atoms with Crippen LogP contribution in [0.15, 0.2) is 12.1 Å². The largest absolute Gasteiger partial charge is 0.465 e. The van der Waals surface area contributed by atoms with Crippen molar-refractivity contribution in [3.8, 4) is 0 Å². The SMILES string of the molecule is COC(=O)c1ccc(Cl)c(I)c1F. The van der Waals surface area contributed by atoms with Crippen LogP contribution in [-0.4, -0.2) is 13.1 Å². The van der Waals surface area contributed by atoms with E-state index >= 15 is 0 Å². The van der Waals surface area contributed by atoms with Crippen LogP contribution >= 0.6 is 34.2 Å². The van der Waals surface area contributed by atoms with Crippen LogP contribution in [-0.2, 0) is 4.74 Å².